The predicted octanol–water partition coefficient (Wildman–Crippen LogP) is 3.61. The van der Waals surface area contributed by atoms with Crippen molar-refractivity contribution in [1.82, 2.24) is 19.5 Å². The maximum Gasteiger partial charge on any atom is 0.195 e. The van der Waals surface area contributed by atoms with Gasteiger partial charge >= 0.3 is 0 Å². The van der Waals surface area contributed by atoms with E-state index >= 15 is 0 Å². The molecule has 0 saturated heterocycles. The highest BCUT2D eigenvalue weighted by Gasteiger charge is 2.13. The second-order valence-corrected chi connectivity index (χ2v) is 6.97. The summed E-state index contributed by atoms with van der Waals surface area (Å²) in [6, 6.07) is 16.7. The van der Waals surface area contributed by atoms with Gasteiger partial charge in [-0.05, 0) is 29.7 Å². The highest BCUT2D eigenvalue weighted by atomic mass is 32.2. The van der Waals surface area contributed by atoms with E-state index in [0.29, 0.717) is 0 Å². The average Bonchev–Trinajstić information content (AvgIpc) is 3.06. The predicted molar refractivity (Wildman–Crippen MR) is 99.2 cm³/mol. The fourth-order valence-corrected chi connectivity index (χ4v) is 3.94. The molecule has 5 heteroatoms. The van der Waals surface area contributed by atoms with E-state index in [1.807, 2.05) is 28.8 Å². The maximum absolute atomic E-state index is 4.28. The first-order chi connectivity index (χ1) is 11.9. The summed E-state index contributed by atoms with van der Waals surface area (Å²) in [5.41, 5.74) is 3.75. The lowest BCUT2D eigenvalue weighted by atomic mass is 10.00. The third kappa shape index (κ3) is 3.37. The molecule has 0 radical (unpaired) electrons. The van der Waals surface area contributed by atoms with Crippen molar-refractivity contribution in [2.75, 3.05) is 25.4 Å². The molecule has 0 unspecified atom stereocenters. The van der Waals surface area contributed by atoms with E-state index in [1.54, 1.807) is 11.8 Å². The van der Waals surface area contributed by atoms with Crippen LogP contribution in [0.4, 0.5) is 0 Å². The van der Waals surface area contributed by atoms with Gasteiger partial charge in [0.15, 0.2) is 10.8 Å². The Hall–Kier alpha value is -2.11. The Balaban J connectivity index is 1.31. The van der Waals surface area contributed by atoms with E-state index in [9.17, 15) is 0 Å². The number of aromatic nitrogens is 3. The summed E-state index contributed by atoms with van der Waals surface area (Å²) in [6.07, 6.45) is 5.52. The molecule has 0 bridgehead atoms. The Labute approximate surface area is 146 Å². The summed E-state index contributed by atoms with van der Waals surface area (Å²) in [5.74, 6) is 1.03. The maximum atomic E-state index is 4.28. The molecule has 0 amide bonds. The molecule has 4 rings (SSSR count). The monoisotopic (exact) mass is 336 g/mol. The number of hydrogen-bond donors (Lipinski definition) is 0. The molecule has 4 nitrogen and oxygen atoms in total. The van der Waals surface area contributed by atoms with Crippen molar-refractivity contribution in [2.45, 2.75) is 11.6 Å². The molecule has 2 aromatic heterocycles. The van der Waals surface area contributed by atoms with Crippen LogP contribution in [0.3, 0.4) is 0 Å². The van der Waals surface area contributed by atoms with Crippen molar-refractivity contribution in [2.24, 2.45) is 0 Å². The Morgan fingerprint density at radius 3 is 2.71 bits per heavy atom. The molecule has 0 N–H and O–H groups in total. The third-order valence-corrected chi connectivity index (χ3v) is 5.28. The molecule has 0 aliphatic carbocycles. The fourth-order valence-electron chi connectivity index (χ4n) is 3.01. The van der Waals surface area contributed by atoms with Crippen LogP contribution in [0.1, 0.15) is 12.0 Å². The van der Waals surface area contributed by atoms with E-state index in [1.165, 1.54) is 11.1 Å². The first kappa shape index (κ1) is 15.4. The number of benzene rings is 1. The molecule has 1 aliphatic heterocycles. The van der Waals surface area contributed by atoms with Crippen LogP contribution in [-0.2, 0) is 0 Å². The zero-order valence-electron chi connectivity index (χ0n) is 13.5. The summed E-state index contributed by atoms with van der Waals surface area (Å²) in [6.45, 7) is 3.23. The zero-order valence-corrected chi connectivity index (χ0v) is 14.3. The molecule has 3 aromatic rings. The van der Waals surface area contributed by atoms with Crippen LogP contribution in [0, 0.1) is 0 Å². The van der Waals surface area contributed by atoms with Gasteiger partial charge < -0.3 is 0 Å². The van der Waals surface area contributed by atoms with Crippen LogP contribution in [0.15, 0.2) is 66.0 Å². The van der Waals surface area contributed by atoms with Gasteiger partial charge in [-0.1, -0.05) is 54.2 Å². The largest absolute Gasteiger partial charge is 0.299 e. The van der Waals surface area contributed by atoms with E-state index in [2.05, 4.69) is 51.5 Å². The molecule has 0 fully saturated rings. The molecule has 0 atom stereocenters. The minimum absolute atomic E-state index is 0.911. The Bertz CT molecular complexity index is 841. The molecular weight excluding hydrogens is 316 g/mol. The Morgan fingerprint density at radius 2 is 1.88 bits per heavy atom. The zero-order chi connectivity index (χ0) is 16.2. The molecule has 0 spiro atoms. The number of rotatable bonds is 5. The SMILES string of the molecule is C1=C(c2ccccc2)CCN(CCSc2nnc3ccccn23)C1. The van der Waals surface area contributed by atoms with Crippen molar-refractivity contribution in [3.05, 3.63) is 66.4 Å². The number of hydrogen-bond acceptors (Lipinski definition) is 4. The van der Waals surface area contributed by atoms with Crippen molar-refractivity contribution in [1.29, 1.82) is 0 Å². The van der Waals surface area contributed by atoms with Crippen LogP contribution in [0.5, 0.6) is 0 Å². The van der Waals surface area contributed by atoms with Gasteiger partial charge in [0.05, 0.1) is 0 Å². The summed E-state index contributed by atoms with van der Waals surface area (Å²) >= 11 is 1.77. The minimum Gasteiger partial charge on any atom is -0.299 e. The topological polar surface area (TPSA) is 33.4 Å². The van der Waals surface area contributed by atoms with Gasteiger partial charge in [-0.15, -0.1) is 10.2 Å². The molecule has 122 valence electrons. The Kier molecular flexibility index (Phi) is 4.62. The normalized spacial score (nSPS) is 15.6. The number of fused-ring (bicyclic) bond motifs is 1. The lowest BCUT2D eigenvalue weighted by Gasteiger charge is -2.26. The fraction of sp³-hybridized carbons (Fsp3) is 0.263. The third-order valence-electron chi connectivity index (χ3n) is 4.36. The summed E-state index contributed by atoms with van der Waals surface area (Å²) in [5, 5.41) is 9.45. The number of thioether (sulfide) groups is 1. The van der Waals surface area contributed by atoms with Crippen LogP contribution in [-0.4, -0.2) is 44.9 Å². The average molecular weight is 336 g/mol. The highest BCUT2D eigenvalue weighted by Crippen LogP contribution is 2.23. The molecular formula is C19H20N4S. The van der Waals surface area contributed by atoms with Gasteiger partial charge in [0.2, 0.25) is 0 Å². The molecule has 3 heterocycles. The number of nitrogens with zero attached hydrogens (tertiary/aromatic N) is 4. The lowest BCUT2D eigenvalue weighted by molar-refractivity contribution is 0.321. The second kappa shape index (κ2) is 7.20. The van der Waals surface area contributed by atoms with E-state index < -0.39 is 0 Å². The summed E-state index contributed by atoms with van der Waals surface area (Å²) in [4.78, 5) is 2.50. The van der Waals surface area contributed by atoms with Crippen LogP contribution in [0.2, 0.25) is 0 Å². The van der Waals surface area contributed by atoms with Gasteiger partial charge in [-0.3, -0.25) is 9.30 Å². The standard InChI is InChI=1S/C19H20N4S/c1-2-6-16(7-3-1)17-9-12-22(13-10-17)14-15-24-19-21-20-18-8-4-5-11-23(18)19/h1-9,11H,10,12-15H2. The molecule has 0 saturated carbocycles. The van der Waals surface area contributed by atoms with Crippen LogP contribution < -0.4 is 0 Å². The van der Waals surface area contributed by atoms with E-state index in [0.717, 1.165) is 42.6 Å². The lowest BCUT2D eigenvalue weighted by Crippen LogP contribution is -2.30. The van der Waals surface area contributed by atoms with E-state index in [4.69, 9.17) is 0 Å². The highest BCUT2D eigenvalue weighted by molar-refractivity contribution is 7.99. The molecule has 24 heavy (non-hydrogen) atoms. The number of pyridine rings is 1. The Morgan fingerprint density at radius 1 is 1.00 bits per heavy atom. The van der Waals surface area contributed by atoms with Crippen molar-refractivity contribution in [3.8, 4) is 0 Å². The van der Waals surface area contributed by atoms with Gasteiger partial charge in [0.25, 0.3) is 0 Å². The smallest absolute Gasteiger partial charge is 0.195 e. The second-order valence-electron chi connectivity index (χ2n) is 5.91. The first-order valence-corrected chi connectivity index (χ1v) is 9.28. The van der Waals surface area contributed by atoms with Crippen molar-refractivity contribution >= 4 is 23.0 Å². The van der Waals surface area contributed by atoms with Gasteiger partial charge in [0, 0.05) is 31.6 Å². The van der Waals surface area contributed by atoms with Crippen LogP contribution in [0.25, 0.3) is 11.2 Å². The van der Waals surface area contributed by atoms with E-state index in [-0.39, 0.29) is 0 Å². The van der Waals surface area contributed by atoms with Crippen LogP contribution >= 0.6 is 11.8 Å². The summed E-state index contributed by atoms with van der Waals surface area (Å²) < 4.78 is 2.05. The molecule has 1 aliphatic rings. The molecule has 1 aromatic carbocycles. The quantitative estimate of drug-likeness (QED) is 0.667. The van der Waals surface area contributed by atoms with Gasteiger partial charge in [-0.2, -0.15) is 0 Å². The summed E-state index contributed by atoms with van der Waals surface area (Å²) in [7, 11) is 0. The minimum atomic E-state index is 0.911. The van der Waals surface area contributed by atoms with Gasteiger partial charge in [-0.25, -0.2) is 0 Å². The first-order valence-electron chi connectivity index (χ1n) is 8.29. The van der Waals surface area contributed by atoms with Crippen molar-refractivity contribution in [3.63, 3.8) is 0 Å². The van der Waals surface area contributed by atoms with Crippen molar-refractivity contribution < 1.29 is 0 Å². The van der Waals surface area contributed by atoms with Gasteiger partial charge in [0.1, 0.15) is 0 Å².